The number of thiophene rings is 2. The maximum Gasteiger partial charge on any atom is 0.169 e. The van der Waals surface area contributed by atoms with Gasteiger partial charge in [-0.25, -0.2) is 9.98 Å². The molecule has 1 aliphatic heterocycles. The van der Waals surface area contributed by atoms with E-state index in [0.717, 1.165) is 50.3 Å². The fourth-order valence-corrected chi connectivity index (χ4v) is 10.1. The van der Waals surface area contributed by atoms with Crippen LogP contribution < -0.4 is 5.32 Å². The van der Waals surface area contributed by atoms with Crippen molar-refractivity contribution >= 4 is 96.6 Å². The van der Waals surface area contributed by atoms with Crippen molar-refractivity contribution in [3.05, 3.63) is 168 Å². The van der Waals surface area contributed by atoms with Crippen LogP contribution in [0.15, 0.2) is 166 Å². The average Bonchev–Trinajstić information content (AvgIpc) is 3.89. The van der Waals surface area contributed by atoms with Gasteiger partial charge >= 0.3 is 0 Å². The molecule has 3 aromatic heterocycles. The van der Waals surface area contributed by atoms with Gasteiger partial charge in [-0.1, -0.05) is 127 Å². The third kappa shape index (κ3) is 4.50. The van der Waals surface area contributed by atoms with Crippen LogP contribution in [-0.4, -0.2) is 11.7 Å². The highest BCUT2D eigenvalue weighted by atomic mass is 32.1. The lowest BCUT2D eigenvalue weighted by molar-refractivity contribution is 0.667. The fourth-order valence-electron chi connectivity index (χ4n) is 7.56. The van der Waals surface area contributed by atoms with E-state index in [-0.39, 0.29) is 0 Å². The number of benzene rings is 7. The fraction of sp³-hybridized carbons (Fsp3) is 0.0222. The molecule has 0 amide bonds. The molecule has 7 aromatic carbocycles. The number of hydrogen-bond acceptors (Lipinski definition) is 6. The van der Waals surface area contributed by atoms with Gasteiger partial charge in [0, 0.05) is 67.8 Å². The molecule has 0 spiro atoms. The molecule has 0 saturated heterocycles. The third-order valence-electron chi connectivity index (χ3n) is 9.96. The van der Waals surface area contributed by atoms with Crippen LogP contribution in [0.3, 0.4) is 0 Å². The molecule has 6 heteroatoms. The molecular formula is C45H27N3OS2. The Kier molecular flexibility index (Phi) is 6.32. The van der Waals surface area contributed by atoms with Crippen LogP contribution in [-0.2, 0) is 0 Å². The van der Waals surface area contributed by atoms with Gasteiger partial charge in [0.1, 0.15) is 22.8 Å². The van der Waals surface area contributed by atoms with Gasteiger partial charge < -0.3 is 9.73 Å². The summed E-state index contributed by atoms with van der Waals surface area (Å²) in [6, 6.07) is 53.6. The van der Waals surface area contributed by atoms with E-state index in [1.165, 1.54) is 51.5 Å². The molecule has 11 rings (SSSR count). The van der Waals surface area contributed by atoms with Crippen LogP contribution in [0.4, 0.5) is 0 Å². The summed E-state index contributed by atoms with van der Waals surface area (Å²) in [7, 11) is 0. The predicted octanol–water partition coefficient (Wildman–Crippen LogP) is 12.5. The summed E-state index contributed by atoms with van der Waals surface area (Å²) in [5, 5.41) is 10.9. The van der Waals surface area contributed by atoms with E-state index in [1.807, 2.05) is 59.1 Å². The van der Waals surface area contributed by atoms with E-state index in [1.54, 1.807) is 0 Å². The summed E-state index contributed by atoms with van der Waals surface area (Å²) in [4.78, 5) is 10.5. The SMILES string of the molecule is c1ccc(C2=NC(c3ccc4c(c3)sc3c(-c5cccc6c5sc5ccccc56)cccc34)N=C(c3cccc4c3oc3ccccc34)N2)cc1. The van der Waals surface area contributed by atoms with Crippen LogP contribution in [0.25, 0.3) is 73.4 Å². The Morgan fingerprint density at radius 3 is 1.88 bits per heavy atom. The number of furan rings is 1. The van der Waals surface area contributed by atoms with Gasteiger partial charge in [-0.05, 0) is 29.8 Å². The first-order chi connectivity index (χ1) is 25.3. The molecule has 1 atom stereocenters. The lowest BCUT2D eigenvalue weighted by Crippen LogP contribution is -2.36. The number of nitrogens with one attached hydrogen (secondary N) is 1. The van der Waals surface area contributed by atoms with E-state index < -0.39 is 6.17 Å². The Morgan fingerprint density at radius 1 is 0.471 bits per heavy atom. The summed E-state index contributed by atoms with van der Waals surface area (Å²) in [5.41, 5.74) is 7.22. The molecule has 4 nitrogen and oxygen atoms in total. The van der Waals surface area contributed by atoms with Gasteiger partial charge in [0.2, 0.25) is 0 Å². The van der Waals surface area contributed by atoms with E-state index >= 15 is 0 Å². The first-order valence-corrected chi connectivity index (χ1v) is 18.6. The Labute approximate surface area is 300 Å². The topological polar surface area (TPSA) is 49.9 Å². The number of rotatable bonds is 4. The zero-order valence-corrected chi connectivity index (χ0v) is 28.8. The minimum atomic E-state index is -0.433. The van der Waals surface area contributed by atoms with Crippen molar-refractivity contribution in [1.29, 1.82) is 0 Å². The number of para-hydroxylation sites is 2. The van der Waals surface area contributed by atoms with Gasteiger partial charge in [-0.3, -0.25) is 0 Å². The number of aliphatic imine (C=N–C) groups is 2. The van der Waals surface area contributed by atoms with E-state index in [2.05, 4.69) is 121 Å². The lowest BCUT2D eigenvalue weighted by atomic mass is 10.00. The molecule has 0 aliphatic carbocycles. The van der Waals surface area contributed by atoms with Crippen molar-refractivity contribution in [3.8, 4) is 11.1 Å². The quantitative estimate of drug-likeness (QED) is 0.200. The van der Waals surface area contributed by atoms with Crippen LogP contribution in [0.5, 0.6) is 0 Å². The number of hydrogen-bond donors (Lipinski definition) is 1. The van der Waals surface area contributed by atoms with Crippen molar-refractivity contribution in [2.45, 2.75) is 6.17 Å². The molecule has 0 radical (unpaired) electrons. The Bertz CT molecular complexity index is 3070. The molecule has 4 heterocycles. The molecule has 0 bridgehead atoms. The summed E-state index contributed by atoms with van der Waals surface area (Å²) in [6.45, 7) is 0. The molecule has 10 aromatic rings. The second kappa shape index (κ2) is 11.2. The third-order valence-corrected chi connectivity index (χ3v) is 12.4. The number of fused-ring (bicyclic) bond motifs is 9. The maximum absolute atomic E-state index is 6.44. The largest absolute Gasteiger partial charge is 0.455 e. The van der Waals surface area contributed by atoms with Gasteiger partial charge in [0.25, 0.3) is 0 Å². The van der Waals surface area contributed by atoms with Crippen LogP contribution in [0.2, 0.25) is 0 Å². The van der Waals surface area contributed by atoms with E-state index in [0.29, 0.717) is 0 Å². The minimum absolute atomic E-state index is 0.433. The van der Waals surface area contributed by atoms with Crippen LogP contribution in [0.1, 0.15) is 22.9 Å². The molecule has 1 unspecified atom stereocenters. The predicted molar refractivity (Wildman–Crippen MR) is 217 cm³/mol. The normalized spacial score (nSPS) is 14.9. The first kappa shape index (κ1) is 28.7. The highest BCUT2D eigenvalue weighted by Crippen LogP contribution is 2.45. The molecule has 0 fully saturated rings. The zero-order valence-electron chi connectivity index (χ0n) is 27.1. The first-order valence-electron chi connectivity index (χ1n) is 17.0. The van der Waals surface area contributed by atoms with E-state index in [9.17, 15) is 0 Å². The summed E-state index contributed by atoms with van der Waals surface area (Å²) >= 11 is 3.73. The maximum atomic E-state index is 6.44. The Hall–Kier alpha value is -6.08. The smallest absolute Gasteiger partial charge is 0.169 e. The Morgan fingerprint density at radius 2 is 1.08 bits per heavy atom. The highest BCUT2D eigenvalue weighted by molar-refractivity contribution is 7.27. The molecular weight excluding hydrogens is 663 g/mol. The highest BCUT2D eigenvalue weighted by Gasteiger charge is 2.24. The van der Waals surface area contributed by atoms with Crippen LogP contribution in [0, 0.1) is 0 Å². The van der Waals surface area contributed by atoms with Crippen molar-refractivity contribution in [2.75, 3.05) is 0 Å². The molecule has 0 saturated carbocycles. The molecule has 51 heavy (non-hydrogen) atoms. The molecule has 240 valence electrons. The van der Waals surface area contributed by atoms with Crippen molar-refractivity contribution < 1.29 is 4.42 Å². The van der Waals surface area contributed by atoms with Crippen LogP contribution >= 0.6 is 22.7 Å². The van der Waals surface area contributed by atoms with Gasteiger partial charge in [0.05, 0.1) is 5.56 Å². The average molecular weight is 690 g/mol. The standard InChI is InChI=1S/C45H27N3OS2/c1-2-11-26(12-3-1)43-46-44(48-45(47-43)36-20-8-15-31-28-13-4-6-21-37(28)49-40(31)36)27-23-24-30-33-17-10-19-35(42(33)51-39(30)25-27)34-18-9-16-32-29-14-5-7-22-38(29)50-41(32)34/h1-25,44H,(H,46,47,48). The number of nitrogens with zero attached hydrogens (tertiary/aromatic N) is 2. The summed E-state index contributed by atoms with van der Waals surface area (Å²) in [5.74, 6) is 1.53. The lowest BCUT2D eigenvalue weighted by Gasteiger charge is -2.22. The van der Waals surface area contributed by atoms with Crippen molar-refractivity contribution in [1.82, 2.24) is 5.32 Å². The van der Waals surface area contributed by atoms with Gasteiger partial charge in [-0.15, -0.1) is 22.7 Å². The van der Waals surface area contributed by atoms with Gasteiger partial charge in [0.15, 0.2) is 6.17 Å². The second-order valence-corrected chi connectivity index (χ2v) is 15.0. The summed E-state index contributed by atoms with van der Waals surface area (Å²) < 4.78 is 11.6. The minimum Gasteiger partial charge on any atom is -0.455 e. The Balaban J connectivity index is 1.07. The van der Waals surface area contributed by atoms with E-state index in [4.69, 9.17) is 14.4 Å². The molecule has 1 aliphatic rings. The monoisotopic (exact) mass is 689 g/mol. The van der Waals surface area contributed by atoms with Gasteiger partial charge in [-0.2, -0.15) is 0 Å². The number of amidine groups is 2. The summed E-state index contributed by atoms with van der Waals surface area (Å²) in [6.07, 6.45) is -0.433. The zero-order chi connectivity index (χ0) is 33.5. The second-order valence-electron chi connectivity index (χ2n) is 12.9. The van der Waals surface area contributed by atoms with Crippen molar-refractivity contribution in [2.24, 2.45) is 9.98 Å². The van der Waals surface area contributed by atoms with Crippen molar-refractivity contribution in [3.63, 3.8) is 0 Å². The molecule has 1 N–H and O–H groups in total.